The molecule has 0 aromatic carbocycles. The van der Waals surface area contributed by atoms with E-state index in [2.05, 4.69) is 10.5 Å². The van der Waals surface area contributed by atoms with Crippen LogP contribution in [0.3, 0.4) is 0 Å². The van der Waals surface area contributed by atoms with Crippen LogP contribution in [0.1, 0.15) is 18.6 Å². The highest BCUT2D eigenvalue weighted by Gasteiger charge is 2.30. The highest BCUT2D eigenvalue weighted by molar-refractivity contribution is 5.81. The summed E-state index contributed by atoms with van der Waals surface area (Å²) in [4.78, 5) is 21.4. The highest BCUT2D eigenvalue weighted by Crippen LogP contribution is 2.14. The molecule has 2 heterocycles. The molecule has 1 aliphatic heterocycles. The van der Waals surface area contributed by atoms with Crippen molar-refractivity contribution in [2.75, 3.05) is 19.6 Å². The van der Waals surface area contributed by atoms with Crippen LogP contribution >= 0.6 is 0 Å². The van der Waals surface area contributed by atoms with Crippen molar-refractivity contribution in [3.63, 3.8) is 0 Å². The predicted molar refractivity (Wildman–Crippen MR) is 69.4 cm³/mol. The monoisotopic (exact) mass is 282 g/mol. The molecule has 0 bridgehead atoms. The second-order valence-corrected chi connectivity index (χ2v) is 4.76. The summed E-state index contributed by atoms with van der Waals surface area (Å²) in [6.07, 6.45) is 3.24. The maximum Gasteiger partial charge on any atom is 0.433 e. The third-order valence-corrected chi connectivity index (χ3v) is 3.09. The van der Waals surface area contributed by atoms with Crippen LogP contribution in [-0.2, 0) is 4.79 Å². The molecule has 2 rings (SSSR count). The first-order valence-corrected chi connectivity index (χ1v) is 6.19. The standard InChI is InChI=1S/C11H15N5O4/c12-16(5-1-2-6-16)8-10(17)14-13-7-9-3-4-11(20-9)15(18)19/h3-4,7H,1-2,5-6,8,12H2/p+1/b13-7+. The summed E-state index contributed by atoms with van der Waals surface area (Å²) in [5, 5.41) is 14.1. The van der Waals surface area contributed by atoms with Gasteiger partial charge in [0.1, 0.15) is 4.92 Å². The molecule has 0 aliphatic carbocycles. The van der Waals surface area contributed by atoms with E-state index in [1.165, 1.54) is 18.3 Å². The van der Waals surface area contributed by atoms with Crippen molar-refractivity contribution in [2.45, 2.75) is 12.8 Å². The van der Waals surface area contributed by atoms with Gasteiger partial charge in [-0.1, -0.05) is 0 Å². The number of carbonyl (C=O) groups is 1. The Morgan fingerprint density at radius 3 is 2.85 bits per heavy atom. The van der Waals surface area contributed by atoms with E-state index in [-0.39, 0.29) is 28.7 Å². The first-order chi connectivity index (χ1) is 9.48. The first-order valence-electron chi connectivity index (χ1n) is 6.19. The Kier molecular flexibility index (Phi) is 4.11. The minimum atomic E-state index is -0.647. The molecule has 9 heteroatoms. The maximum absolute atomic E-state index is 11.6. The van der Waals surface area contributed by atoms with E-state index in [0.717, 1.165) is 25.9 Å². The van der Waals surface area contributed by atoms with Gasteiger partial charge in [0, 0.05) is 12.8 Å². The van der Waals surface area contributed by atoms with Gasteiger partial charge in [-0.05, 0) is 6.07 Å². The largest absolute Gasteiger partial charge is 0.433 e. The fourth-order valence-electron chi connectivity index (χ4n) is 2.12. The summed E-state index contributed by atoms with van der Waals surface area (Å²) < 4.78 is 5.08. The quantitative estimate of drug-likeness (QED) is 0.261. The molecule has 108 valence electrons. The average molecular weight is 282 g/mol. The molecule has 1 aromatic heterocycles. The molecule has 0 spiro atoms. The summed E-state index contributed by atoms with van der Waals surface area (Å²) in [5.41, 5.74) is 2.33. The summed E-state index contributed by atoms with van der Waals surface area (Å²) >= 11 is 0. The number of quaternary nitrogens is 1. The zero-order valence-corrected chi connectivity index (χ0v) is 10.8. The predicted octanol–water partition coefficient (Wildman–Crippen LogP) is 0.122. The van der Waals surface area contributed by atoms with Gasteiger partial charge in [-0.2, -0.15) is 10.9 Å². The topological polar surface area (TPSA) is 124 Å². The van der Waals surface area contributed by atoms with Crippen molar-refractivity contribution >= 4 is 18.0 Å². The Morgan fingerprint density at radius 1 is 1.55 bits per heavy atom. The van der Waals surface area contributed by atoms with Crippen molar-refractivity contribution < 1.29 is 18.7 Å². The Morgan fingerprint density at radius 2 is 2.25 bits per heavy atom. The Bertz CT molecular complexity index is 533. The van der Waals surface area contributed by atoms with Crippen LogP contribution in [0.5, 0.6) is 0 Å². The number of carbonyl (C=O) groups excluding carboxylic acids is 1. The number of nitrogens with two attached hydrogens (primary N) is 1. The molecule has 1 aromatic rings. The molecular formula is C11H16N5O4+. The summed E-state index contributed by atoms with van der Waals surface area (Å²) in [7, 11) is 0. The van der Waals surface area contributed by atoms with Crippen LogP contribution < -0.4 is 11.3 Å². The van der Waals surface area contributed by atoms with Crippen LogP contribution in [0.25, 0.3) is 0 Å². The van der Waals surface area contributed by atoms with E-state index in [9.17, 15) is 14.9 Å². The molecule has 1 amide bonds. The number of likely N-dealkylation sites (tertiary alicyclic amines) is 1. The number of nitrogens with one attached hydrogen (secondary N) is 1. The van der Waals surface area contributed by atoms with E-state index in [4.69, 9.17) is 10.3 Å². The van der Waals surface area contributed by atoms with Gasteiger partial charge in [-0.3, -0.25) is 14.9 Å². The number of nitrogens with zero attached hydrogens (tertiary/aromatic N) is 3. The fourth-order valence-corrected chi connectivity index (χ4v) is 2.12. The van der Waals surface area contributed by atoms with Gasteiger partial charge in [0.15, 0.2) is 12.3 Å². The van der Waals surface area contributed by atoms with E-state index in [1.54, 1.807) is 0 Å². The van der Waals surface area contributed by atoms with Crippen molar-refractivity contribution in [2.24, 2.45) is 10.9 Å². The van der Waals surface area contributed by atoms with Gasteiger partial charge in [0.2, 0.25) is 0 Å². The molecule has 20 heavy (non-hydrogen) atoms. The number of rotatable bonds is 5. The van der Waals surface area contributed by atoms with Crippen molar-refractivity contribution in [1.82, 2.24) is 5.43 Å². The lowest BCUT2D eigenvalue weighted by atomic mass is 10.4. The van der Waals surface area contributed by atoms with Gasteiger partial charge in [-0.15, -0.1) is 0 Å². The molecule has 3 N–H and O–H groups in total. The minimum Gasteiger partial charge on any atom is -0.400 e. The van der Waals surface area contributed by atoms with Crippen molar-refractivity contribution in [3.05, 3.63) is 28.0 Å². The first kappa shape index (κ1) is 14.2. The fraction of sp³-hybridized carbons (Fsp3) is 0.455. The molecule has 0 saturated carbocycles. The second kappa shape index (κ2) is 5.80. The molecule has 1 saturated heterocycles. The van der Waals surface area contributed by atoms with E-state index in [1.807, 2.05) is 0 Å². The average Bonchev–Trinajstić information content (AvgIpc) is 2.98. The Balaban J connectivity index is 1.83. The number of amides is 1. The van der Waals surface area contributed by atoms with Crippen LogP contribution in [-0.4, -0.2) is 41.3 Å². The maximum atomic E-state index is 11.6. The van der Waals surface area contributed by atoms with E-state index < -0.39 is 4.92 Å². The van der Waals surface area contributed by atoms with Crippen molar-refractivity contribution in [1.29, 1.82) is 0 Å². The summed E-state index contributed by atoms with van der Waals surface area (Å²) in [6.45, 7) is 1.72. The number of hydrogen-bond acceptors (Lipinski definition) is 6. The van der Waals surface area contributed by atoms with Gasteiger partial charge < -0.3 is 4.42 Å². The van der Waals surface area contributed by atoms with Gasteiger partial charge >= 0.3 is 5.88 Å². The molecule has 1 aliphatic rings. The number of furan rings is 1. The summed E-state index contributed by atoms with van der Waals surface area (Å²) in [5.74, 6) is 5.53. The van der Waals surface area contributed by atoms with Crippen LogP contribution in [0, 0.1) is 10.1 Å². The Hall–Kier alpha value is -2.26. The minimum absolute atomic E-state index is 0.162. The molecule has 1 fully saturated rings. The van der Waals surface area contributed by atoms with E-state index >= 15 is 0 Å². The molecule has 0 atom stereocenters. The lowest BCUT2D eigenvalue weighted by Gasteiger charge is -2.25. The SMILES string of the molecule is N[N+]1(CC(=O)N/N=C/c2ccc([N+](=O)[O-])o2)CCCC1. The molecular weight excluding hydrogens is 266 g/mol. The van der Waals surface area contributed by atoms with Crippen LogP contribution in [0.2, 0.25) is 0 Å². The van der Waals surface area contributed by atoms with Gasteiger partial charge in [0.25, 0.3) is 5.91 Å². The number of nitro groups is 1. The lowest BCUT2D eigenvalue weighted by molar-refractivity contribution is -0.921. The van der Waals surface area contributed by atoms with Crippen molar-refractivity contribution in [3.8, 4) is 0 Å². The van der Waals surface area contributed by atoms with Crippen LogP contribution in [0.15, 0.2) is 21.7 Å². The third kappa shape index (κ3) is 3.62. The van der Waals surface area contributed by atoms with Crippen LogP contribution in [0.4, 0.5) is 5.88 Å². The zero-order valence-electron chi connectivity index (χ0n) is 10.8. The normalized spacial score (nSPS) is 17.4. The highest BCUT2D eigenvalue weighted by atomic mass is 16.6. The Labute approximate surface area is 114 Å². The second-order valence-electron chi connectivity index (χ2n) is 4.76. The van der Waals surface area contributed by atoms with Gasteiger partial charge in [0.05, 0.1) is 25.4 Å². The summed E-state index contributed by atoms with van der Waals surface area (Å²) in [6, 6.07) is 2.61. The number of hydrazone groups is 1. The third-order valence-electron chi connectivity index (χ3n) is 3.09. The number of hydrogen-bond donors (Lipinski definition) is 2. The zero-order chi connectivity index (χ0) is 14.6. The smallest absolute Gasteiger partial charge is 0.400 e. The molecule has 9 nitrogen and oxygen atoms in total. The van der Waals surface area contributed by atoms with E-state index in [0.29, 0.717) is 0 Å². The molecule has 0 radical (unpaired) electrons. The van der Waals surface area contributed by atoms with Gasteiger partial charge in [-0.25, -0.2) is 10.0 Å². The lowest BCUT2D eigenvalue weighted by Crippen LogP contribution is -2.56. The molecule has 0 unspecified atom stereocenters.